The van der Waals surface area contributed by atoms with Gasteiger partial charge in [-0.05, 0) is 37.3 Å². The fourth-order valence-electron chi connectivity index (χ4n) is 4.33. The van der Waals surface area contributed by atoms with Crippen molar-refractivity contribution in [2.45, 2.75) is 58.0 Å². The number of ether oxygens (including phenoxy) is 1. The Bertz CT molecular complexity index is 997. The van der Waals surface area contributed by atoms with Crippen molar-refractivity contribution < 1.29 is 28.7 Å². The molecule has 0 saturated carbocycles. The molecule has 0 radical (unpaired) electrons. The van der Waals surface area contributed by atoms with E-state index in [1.165, 1.54) is 0 Å². The number of hydrogen-bond acceptors (Lipinski definition) is 6. The van der Waals surface area contributed by atoms with Gasteiger partial charge in [-0.15, -0.1) is 0 Å². The Morgan fingerprint density at radius 1 is 1.14 bits per heavy atom. The molecule has 2 aliphatic heterocycles. The molecule has 3 rings (SSSR count). The molecule has 11 nitrogen and oxygen atoms in total. The fraction of sp³-hybridized carbons (Fsp3) is 0.577. The number of nitrogens with zero attached hydrogens (tertiary/aromatic N) is 1. The SMILES string of the molecule is CC(C)C[C@@H]1NC(=O)C[C@@H](C(=O)NCCN2CCCC2=O)NC(=O)c2ccccc2OCCCNC1=O. The smallest absolute Gasteiger partial charge is 0.255 e. The van der Waals surface area contributed by atoms with Crippen LogP contribution in [0.1, 0.15) is 56.3 Å². The zero-order chi connectivity index (χ0) is 26.8. The highest BCUT2D eigenvalue weighted by atomic mass is 16.5. The highest BCUT2D eigenvalue weighted by Gasteiger charge is 2.29. The van der Waals surface area contributed by atoms with Crippen molar-refractivity contribution in [2.24, 2.45) is 5.92 Å². The van der Waals surface area contributed by atoms with Crippen LogP contribution >= 0.6 is 0 Å². The Labute approximate surface area is 217 Å². The summed E-state index contributed by atoms with van der Waals surface area (Å²) >= 11 is 0. The van der Waals surface area contributed by atoms with Gasteiger partial charge < -0.3 is 30.9 Å². The molecule has 0 aromatic heterocycles. The van der Waals surface area contributed by atoms with Gasteiger partial charge in [0.15, 0.2) is 0 Å². The number of fused-ring (bicyclic) bond motifs is 1. The second-order valence-corrected chi connectivity index (χ2v) is 9.74. The second kappa shape index (κ2) is 13.6. The van der Waals surface area contributed by atoms with Crippen LogP contribution in [0.4, 0.5) is 0 Å². The van der Waals surface area contributed by atoms with Crippen molar-refractivity contribution in [3.63, 3.8) is 0 Å². The van der Waals surface area contributed by atoms with Gasteiger partial charge in [-0.3, -0.25) is 24.0 Å². The molecule has 1 fully saturated rings. The lowest BCUT2D eigenvalue weighted by atomic mass is 10.0. The van der Waals surface area contributed by atoms with Crippen molar-refractivity contribution in [1.82, 2.24) is 26.2 Å². The van der Waals surface area contributed by atoms with Crippen LogP contribution in [0.3, 0.4) is 0 Å². The lowest BCUT2D eigenvalue weighted by Crippen LogP contribution is -2.52. The molecule has 4 N–H and O–H groups in total. The molecular weight excluding hydrogens is 478 g/mol. The molecule has 37 heavy (non-hydrogen) atoms. The summed E-state index contributed by atoms with van der Waals surface area (Å²) in [6, 6.07) is 4.69. The van der Waals surface area contributed by atoms with Gasteiger partial charge in [-0.2, -0.15) is 0 Å². The van der Waals surface area contributed by atoms with Crippen LogP contribution in [-0.2, 0) is 19.2 Å². The minimum Gasteiger partial charge on any atom is -0.493 e. The number of nitrogens with one attached hydrogen (secondary N) is 4. The van der Waals surface area contributed by atoms with Crippen LogP contribution in [0.25, 0.3) is 0 Å². The van der Waals surface area contributed by atoms with Crippen molar-refractivity contribution >= 4 is 29.5 Å². The zero-order valence-electron chi connectivity index (χ0n) is 21.5. The standard InChI is InChI=1S/C26H37N5O6/c1-17(2)15-19-25(35)27-10-6-14-37-21-8-4-3-7-18(21)24(34)30-20(16-22(32)29-19)26(36)28-11-13-31-12-5-9-23(31)33/h3-4,7-8,17,19-20H,5-6,9-16H2,1-2H3,(H,27,35)(H,28,36)(H,29,32)(H,30,34)/t19-,20-/m0/s1. The summed E-state index contributed by atoms with van der Waals surface area (Å²) in [5, 5.41) is 10.9. The van der Waals surface area contributed by atoms with Crippen LogP contribution in [0.5, 0.6) is 5.75 Å². The summed E-state index contributed by atoms with van der Waals surface area (Å²) < 4.78 is 5.78. The van der Waals surface area contributed by atoms with E-state index in [9.17, 15) is 24.0 Å². The lowest BCUT2D eigenvalue weighted by Gasteiger charge is -2.23. The summed E-state index contributed by atoms with van der Waals surface area (Å²) in [6.45, 7) is 5.70. The van der Waals surface area contributed by atoms with E-state index in [4.69, 9.17) is 4.74 Å². The maximum atomic E-state index is 13.1. The average molecular weight is 516 g/mol. The van der Waals surface area contributed by atoms with Crippen molar-refractivity contribution in [1.29, 1.82) is 0 Å². The highest BCUT2D eigenvalue weighted by Crippen LogP contribution is 2.19. The Balaban J connectivity index is 1.77. The number of amides is 5. The van der Waals surface area contributed by atoms with E-state index in [0.29, 0.717) is 44.6 Å². The van der Waals surface area contributed by atoms with E-state index < -0.39 is 29.8 Å². The molecular formula is C26H37N5O6. The van der Waals surface area contributed by atoms with Crippen LogP contribution in [0, 0.1) is 5.92 Å². The molecule has 2 atom stereocenters. The highest BCUT2D eigenvalue weighted by molar-refractivity contribution is 6.01. The predicted molar refractivity (Wildman–Crippen MR) is 136 cm³/mol. The number of hydrogen-bond donors (Lipinski definition) is 4. The maximum Gasteiger partial charge on any atom is 0.255 e. The molecule has 0 bridgehead atoms. The van der Waals surface area contributed by atoms with E-state index in [1.807, 2.05) is 13.8 Å². The summed E-state index contributed by atoms with van der Waals surface area (Å²) in [6.07, 6.45) is 1.87. The minimum atomic E-state index is -1.19. The van der Waals surface area contributed by atoms with E-state index in [0.717, 1.165) is 6.42 Å². The number of likely N-dealkylation sites (tertiary alicyclic amines) is 1. The topological polar surface area (TPSA) is 146 Å². The van der Waals surface area contributed by atoms with Crippen molar-refractivity contribution in [2.75, 3.05) is 32.8 Å². The molecule has 0 unspecified atom stereocenters. The molecule has 5 amide bonds. The van der Waals surface area contributed by atoms with E-state index in [-0.39, 0.29) is 42.9 Å². The normalized spacial score (nSPS) is 21.6. The van der Waals surface area contributed by atoms with Gasteiger partial charge in [0.25, 0.3) is 5.91 Å². The quantitative estimate of drug-likeness (QED) is 0.430. The number of carbonyl (C=O) groups excluding carboxylic acids is 5. The van der Waals surface area contributed by atoms with Crippen LogP contribution in [0.15, 0.2) is 24.3 Å². The van der Waals surface area contributed by atoms with Crippen molar-refractivity contribution in [3.8, 4) is 5.75 Å². The van der Waals surface area contributed by atoms with Gasteiger partial charge in [0, 0.05) is 32.6 Å². The average Bonchev–Trinajstić information content (AvgIpc) is 3.26. The first kappa shape index (κ1) is 27.9. The van der Waals surface area contributed by atoms with Crippen molar-refractivity contribution in [3.05, 3.63) is 29.8 Å². The molecule has 2 heterocycles. The van der Waals surface area contributed by atoms with Crippen LogP contribution < -0.4 is 26.0 Å². The molecule has 1 aromatic rings. The van der Waals surface area contributed by atoms with Gasteiger partial charge in [-0.1, -0.05) is 26.0 Å². The first-order valence-corrected chi connectivity index (χ1v) is 12.9. The van der Waals surface area contributed by atoms with E-state index in [1.54, 1.807) is 29.2 Å². The predicted octanol–water partition coefficient (Wildman–Crippen LogP) is 0.343. The zero-order valence-corrected chi connectivity index (χ0v) is 21.5. The van der Waals surface area contributed by atoms with Gasteiger partial charge >= 0.3 is 0 Å². The summed E-state index contributed by atoms with van der Waals surface area (Å²) in [4.78, 5) is 65.4. The van der Waals surface area contributed by atoms with Crippen LogP contribution in [-0.4, -0.2) is 79.3 Å². The molecule has 1 saturated heterocycles. The monoisotopic (exact) mass is 515 g/mol. The number of carbonyl (C=O) groups is 5. The Kier molecular flexibility index (Phi) is 10.3. The Morgan fingerprint density at radius 3 is 2.65 bits per heavy atom. The number of para-hydroxylation sites is 1. The lowest BCUT2D eigenvalue weighted by molar-refractivity contribution is -0.131. The Hall–Kier alpha value is -3.63. The first-order valence-electron chi connectivity index (χ1n) is 12.9. The van der Waals surface area contributed by atoms with Gasteiger partial charge in [0.05, 0.1) is 18.6 Å². The molecule has 0 aliphatic carbocycles. The van der Waals surface area contributed by atoms with Crippen LogP contribution in [0.2, 0.25) is 0 Å². The summed E-state index contributed by atoms with van der Waals surface area (Å²) in [5.74, 6) is -1.42. The van der Waals surface area contributed by atoms with E-state index in [2.05, 4.69) is 21.3 Å². The van der Waals surface area contributed by atoms with Gasteiger partial charge in [0.2, 0.25) is 23.6 Å². The molecule has 202 valence electrons. The van der Waals surface area contributed by atoms with E-state index >= 15 is 0 Å². The third-order valence-electron chi connectivity index (χ3n) is 6.23. The minimum absolute atomic E-state index is 0.0434. The third-order valence-corrected chi connectivity index (χ3v) is 6.23. The maximum absolute atomic E-state index is 13.1. The second-order valence-electron chi connectivity index (χ2n) is 9.74. The third kappa shape index (κ3) is 8.47. The van der Waals surface area contributed by atoms with Gasteiger partial charge in [0.1, 0.15) is 17.8 Å². The molecule has 1 aromatic carbocycles. The summed E-state index contributed by atoms with van der Waals surface area (Å²) in [7, 11) is 0. The fourth-order valence-corrected chi connectivity index (χ4v) is 4.33. The first-order chi connectivity index (χ1) is 17.7. The molecule has 2 aliphatic rings. The summed E-state index contributed by atoms with van der Waals surface area (Å²) in [5.41, 5.74) is 0.236. The number of rotatable bonds is 6. The molecule has 0 spiro atoms. The largest absolute Gasteiger partial charge is 0.493 e. The van der Waals surface area contributed by atoms with Gasteiger partial charge in [-0.25, -0.2) is 0 Å². The Morgan fingerprint density at radius 2 is 1.92 bits per heavy atom. The number of benzene rings is 1. The molecule has 11 heteroatoms.